The Labute approximate surface area is 81.3 Å². The molecule has 0 N–H and O–H groups in total. The molecule has 66 valence electrons. The SMILES string of the molecule is Fc1cc(Cl)cc(CCCCl)c1. The Morgan fingerprint density at radius 1 is 1.25 bits per heavy atom. The average molecular weight is 207 g/mol. The van der Waals surface area contributed by atoms with Crippen molar-refractivity contribution in [3.05, 3.63) is 34.6 Å². The van der Waals surface area contributed by atoms with E-state index < -0.39 is 0 Å². The number of benzene rings is 1. The zero-order chi connectivity index (χ0) is 8.97. The zero-order valence-corrected chi connectivity index (χ0v) is 8.00. The topological polar surface area (TPSA) is 0 Å². The van der Waals surface area contributed by atoms with Crippen LogP contribution in [0.15, 0.2) is 18.2 Å². The van der Waals surface area contributed by atoms with Crippen molar-refractivity contribution in [1.82, 2.24) is 0 Å². The first-order valence-corrected chi connectivity index (χ1v) is 4.64. The highest BCUT2D eigenvalue weighted by molar-refractivity contribution is 6.30. The highest BCUT2D eigenvalue weighted by Crippen LogP contribution is 2.15. The third kappa shape index (κ3) is 3.00. The lowest BCUT2D eigenvalue weighted by molar-refractivity contribution is 0.625. The minimum atomic E-state index is -0.285. The molecule has 0 aliphatic carbocycles. The van der Waals surface area contributed by atoms with E-state index in [1.807, 2.05) is 0 Å². The molecule has 0 saturated carbocycles. The van der Waals surface area contributed by atoms with E-state index in [-0.39, 0.29) is 5.82 Å². The summed E-state index contributed by atoms with van der Waals surface area (Å²) in [5.41, 5.74) is 0.903. The van der Waals surface area contributed by atoms with E-state index in [0.717, 1.165) is 18.4 Å². The molecule has 1 aromatic rings. The van der Waals surface area contributed by atoms with Crippen LogP contribution >= 0.6 is 23.2 Å². The number of halogens is 3. The van der Waals surface area contributed by atoms with Crippen molar-refractivity contribution >= 4 is 23.2 Å². The first-order chi connectivity index (χ1) is 5.72. The van der Waals surface area contributed by atoms with Crippen LogP contribution in [0.2, 0.25) is 5.02 Å². The molecule has 0 unspecified atom stereocenters. The van der Waals surface area contributed by atoms with Gasteiger partial charge in [-0.3, -0.25) is 0 Å². The average Bonchev–Trinajstić information content (AvgIpc) is 1.99. The van der Waals surface area contributed by atoms with Crippen LogP contribution < -0.4 is 0 Å². The van der Waals surface area contributed by atoms with Crippen molar-refractivity contribution in [1.29, 1.82) is 0 Å². The van der Waals surface area contributed by atoms with Gasteiger partial charge in [-0.05, 0) is 36.6 Å². The molecule has 12 heavy (non-hydrogen) atoms. The van der Waals surface area contributed by atoms with Gasteiger partial charge in [0.05, 0.1) is 0 Å². The van der Waals surface area contributed by atoms with Crippen LogP contribution in [0.5, 0.6) is 0 Å². The molecule has 3 heteroatoms. The molecule has 0 heterocycles. The fourth-order valence-electron chi connectivity index (χ4n) is 1.03. The molecule has 0 aliphatic rings. The third-order valence-corrected chi connectivity index (χ3v) is 2.01. The normalized spacial score (nSPS) is 10.2. The quantitative estimate of drug-likeness (QED) is 0.663. The molecular formula is C9H9Cl2F. The molecule has 0 aliphatic heterocycles. The van der Waals surface area contributed by atoms with Gasteiger partial charge in [-0.2, -0.15) is 0 Å². The minimum absolute atomic E-state index is 0.285. The Morgan fingerprint density at radius 2 is 2.00 bits per heavy atom. The summed E-state index contributed by atoms with van der Waals surface area (Å²) < 4.78 is 12.7. The van der Waals surface area contributed by atoms with E-state index in [1.54, 1.807) is 6.07 Å². The van der Waals surface area contributed by atoms with Crippen molar-refractivity contribution in [2.75, 3.05) is 5.88 Å². The van der Waals surface area contributed by atoms with Gasteiger partial charge in [0, 0.05) is 10.9 Å². The number of hydrogen-bond donors (Lipinski definition) is 0. The summed E-state index contributed by atoms with van der Waals surface area (Å²) in [5, 5.41) is 0.444. The van der Waals surface area contributed by atoms with Crippen LogP contribution in [0.1, 0.15) is 12.0 Å². The van der Waals surface area contributed by atoms with Crippen LogP contribution in [-0.4, -0.2) is 5.88 Å². The monoisotopic (exact) mass is 206 g/mol. The lowest BCUT2D eigenvalue weighted by Gasteiger charge is -1.99. The second-order valence-electron chi connectivity index (χ2n) is 2.57. The Morgan fingerprint density at radius 3 is 2.58 bits per heavy atom. The van der Waals surface area contributed by atoms with E-state index in [2.05, 4.69) is 0 Å². The Kier molecular flexibility index (Phi) is 3.83. The number of aryl methyl sites for hydroxylation is 1. The van der Waals surface area contributed by atoms with Crippen LogP contribution in [-0.2, 0) is 6.42 Å². The molecule has 0 spiro atoms. The van der Waals surface area contributed by atoms with Gasteiger partial charge in [0.15, 0.2) is 0 Å². The predicted octanol–water partition coefficient (Wildman–Crippen LogP) is 3.65. The molecule has 0 radical (unpaired) electrons. The second kappa shape index (κ2) is 4.68. The maximum absolute atomic E-state index is 12.7. The van der Waals surface area contributed by atoms with E-state index in [4.69, 9.17) is 23.2 Å². The number of rotatable bonds is 3. The van der Waals surface area contributed by atoms with Gasteiger partial charge in [-0.1, -0.05) is 11.6 Å². The molecule has 0 bridgehead atoms. The fraction of sp³-hybridized carbons (Fsp3) is 0.333. The van der Waals surface area contributed by atoms with Gasteiger partial charge < -0.3 is 0 Å². The van der Waals surface area contributed by atoms with E-state index in [9.17, 15) is 4.39 Å². The van der Waals surface area contributed by atoms with Gasteiger partial charge in [-0.25, -0.2) is 4.39 Å². The van der Waals surface area contributed by atoms with Crippen LogP contribution in [0.25, 0.3) is 0 Å². The molecule has 0 amide bonds. The van der Waals surface area contributed by atoms with Gasteiger partial charge >= 0.3 is 0 Å². The summed E-state index contributed by atoms with van der Waals surface area (Å²) >= 11 is 11.2. The number of hydrogen-bond acceptors (Lipinski definition) is 0. The molecule has 1 rings (SSSR count). The van der Waals surface area contributed by atoms with E-state index in [1.165, 1.54) is 12.1 Å². The maximum Gasteiger partial charge on any atom is 0.124 e. The molecule has 0 atom stereocenters. The Bertz CT molecular complexity index is 240. The van der Waals surface area contributed by atoms with Crippen molar-refractivity contribution in [2.24, 2.45) is 0 Å². The van der Waals surface area contributed by atoms with Gasteiger partial charge in [0.2, 0.25) is 0 Å². The van der Waals surface area contributed by atoms with Gasteiger partial charge in [-0.15, -0.1) is 11.6 Å². The standard InChI is InChI=1S/C9H9Cl2F/c10-3-1-2-7-4-8(11)6-9(12)5-7/h4-6H,1-3H2. The molecule has 0 fully saturated rings. The van der Waals surface area contributed by atoms with Crippen LogP contribution in [0, 0.1) is 5.82 Å². The van der Waals surface area contributed by atoms with Crippen LogP contribution in [0.4, 0.5) is 4.39 Å². The molecule has 0 nitrogen and oxygen atoms in total. The largest absolute Gasteiger partial charge is 0.207 e. The molecule has 0 aromatic heterocycles. The highest BCUT2D eigenvalue weighted by Gasteiger charge is 1.98. The summed E-state index contributed by atoms with van der Waals surface area (Å²) in [4.78, 5) is 0. The first-order valence-electron chi connectivity index (χ1n) is 3.73. The smallest absolute Gasteiger partial charge is 0.124 e. The van der Waals surface area contributed by atoms with Crippen molar-refractivity contribution in [2.45, 2.75) is 12.8 Å². The Hall–Kier alpha value is -0.270. The summed E-state index contributed by atoms with van der Waals surface area (Å²) in [6, 6.07) is 4.54. The van der Waals surface area contributed by atoms with Crippen molar-refractivity contribution in [3.8, 4) is 0 Å². The summed E-state index contributed by atoms with van der Waals surface area (Å²) in [6.07, 6.45) is 1.63. The Balaban J connectivity index is 2.72. The van der Waals surface area contributed by atoms with Crippen molar-refractivity contribution in [3.63, 3.8) is 0 Å². The summed E-state index contributed by atoms with van der Waals surface area (Å²) in [5.74, 6) is 0.306. The summed E-state index contributed by atoms with van der Waals surface area (Å²) in [6.45, 7) is 0. The predicted molar refractivity (Wildman–Crippen MR) is 50.5 cm³/mol. The van der Waals surface area contributed by atoms with Gasteiger partial charge in [0.1, 0.15) is 5.82 Å². The molecule has 1 aromatic carbocycles. The van der Waals surface area contributed by atoms with Crippen molar-refractivity contribution < 1.29 is 4.39 Å². The second-order valence-corrected chi connectivity index (χ2v) is 3.38. The molecule has 0 saturated heterocycles. The van der Waals surface area contributed by atoms with E-state index in [0.29, 0.717) is 10.9 Å². The minimum Gasteiger partial charge on any atom is -0.207 e. The van der Waals surface area contributed by atoms with E-state index >= 15 is 0 Å². The number of alkyl halides is 1. The lowest BCUT2D eigenvalue weighted by Crippen LogP contribution is -1.87. The highest BCUT2D eigenvalue weighted by atomic mass is 35.5. The summed E-state index contributed by atoms with van der Waals surface area (Å²) in [7, 11) is 0. The lowest BCUT2D eigenvalue weighted by atomic mass is 10.1. The third-order valence-electron chi connectivity index (χ3n) is 1.52. The first kappa shape index (κ1) is 9.82. The zero-order valence-electron chi connectivity index (χ0n) is 6.49. The fourth-order valence-corrected chi connectivity index (χ4v) is 1.40. The maximum atomic E-state index is 12.7. The molecular weight excluding hydrogens is 198 g/mol. The van der Waals surface area contributed by atoms with Crippen LogP contribution in [0.3, 0.4) is 0 Å². The van der Waals surface area contributed by atoms with Gasteiger partial charge in [0.25, 0.3) is 0 Å².